The summed E-state index contributed by atoms with van der Waals surface area (Å²) >= 11 is 0.138. The van der Waals surface area contributed by atoms with Gasteiger partial charge in [0.1, 0.15) is 0 Å². The van der Waals surface area contributed by atoms with E-state index in [4.69, 9.17) is 4.74 Å². The molecule has 5 heteroatoms. The molecular formula is C17H18N2O2Se. The first-order chi connectivity index (χ1) is 10.6. The number of dihydropyridines is 1. The molecular weight excluding hydrogens is 343 g/mol. The quantitative estimate of drug-likeness (QED) is 0.662. The topological polar surface area (TPSA) is 62.1 Å². The molecule has 0 amide bonds. The van der Waals surface area contributed by atoms with E-state index in [-0.39, 0.29) is 26.8 Å². The van der Waals surface area contributed by atoms with E-state index in [1.165, 1.54) is 0 Å². The van der Waals surface area contributed by atoms with Crippen LogP contribution in [0.4, 0.5) is 0 Å². The fraction of sp³-hybridized carbons (Fsp3) is 0.294. The number of rotatable bonds is 4. The molecule has 1 aliphatic rings. The van der Waals surface area contributed by atoms with Crippen LogP contribution in [-0.4, -0.2) is 27.5 Å². The minimum absolute atomic E-state index is 0.138. The van der Waals surface area contributed by atoms with E-state index in [9.17, 15) is 10.1 Å². The molecule has 0 aliphatic carbocycles. The van der Waals surface area contributed by atoms with E-state index < -0.39 is 0 Å². The summed E-state index contributed by atoms with van der Waals surface area (Å²) in [5.41, 5.74) is 2.84. The van der Waals surface area contributed by atoms with Crippen molar-refractivity contribution in [2.75, 3.05) is 6.61 Å². The van der Waals surface area contributed by atoms with Gasteiger partial charge in [0, 0.05) is 0 Å². The first-order valence-electron chi connectivity index (χ1n) is 7.02. The van der Waals surface area contributed by atoms with Gasteiger partial charge < -0.3 is 0 Å². The fourth-order valence-corrected chi connectivity index (χ4v) is 3.87. The molecule has 4 nitrogen and oxygen atoms in total. The van der Waals surface area contributed by atoms with Gasteiger partial charge in [-0.3, -0.25) is 0 Å². The van der Waals surface area contributed by atoms with E-state index in [2.05, 4.69) is 17.2 Å². The summed E-state index contributed by atoms with van der Waals surface area (Å²) in [7, 11) is 0. The molecule has 2 rings (SSSR count). The van der Waals surface area contributed by atoms with Crippen LogP contribution in [0.1, 0.15) is 25.3 Å². The Morgan fingerprint density at radius 1 is 1.41 bits per heavy atom. The molecule has 22 heavy (non-hydrogen) atoms. The molecule has 0 saturated carbocycles. The monoisotopic (exact) mass is 362 g/mol. The number of esters is 1. The van der Waals surface area contributed by atoms with Crippen molar-refractivity contribution in [3.8, 4) is 6.07 Å². The SMILES string of the molecule is CCOC(=O)C1=C(C)NC([Se]C)=C(C#N)C1c1ccccc1. The van der Waals surface area contributed by atoms with Crippen molar-refractivity contribution >= 4 is 20.9 Å². The number of hydrogen-bond donors (Lipinski definition) is 1. The summed E-state index contributed by atoms with van der Waals surface area (Å²) in [6, 6.07) is 11.9. The number of nitriles is 1. The maximum atomic E-state index is 12.4. The van der Waals surface area contributed by atoms with Crippen LogP contribution in [0.2, 0.25) is 5.82 Å². The number of nitrogens with zero attached hydrogens (tertiary/aromatic N) is 1. The van der Waals surface area contributed by atoms with Gasteiger partial charge in [-0.1, -0.05) is 0 Å². The van der Waals surface area contributed by atoms with Gasteiger partial charge >= 0.3 is 137 Å². The predicted octanol–water partition coefficient (Wildman–Crippen LogP) is 2.70. The zero-order valence-electron chi connectivity index (χ0n) is 12.8. The molecule has 0 fully saturated rings. The average molecular weight is 361 g/mol. The molecule has 0 spiro atoms. The Bertz CT molecular complexity index is 672. The fourth-order valence-electron chi connectivity index (χ4n) is 2.53. The first kappa shape index (κ1) is 16.4. The van der Waals surface area contributed by atoms with Crippen LogP contribution in [0.25, 0.3) is 0 Å². The number of ether oxygens (including phenoxy) is 1. The van der Waals surface area contributed by atoms with E-state index in [1.54, 1.807) is 6.92 Å². The van der Waals surface area contributed by atoms with Crippen LogP contribution >= 0.6 is 0 Å². The summed E-state index contributed by atoms with van der Waals surface area (Å²) in [5, 5.41) is 12.8. The maximum absolute atomic E-state index is 12.4. The summed E-state index contributed by atoms with van der Waals surface area (Å²) in [5.74, 6) is 1.33. The Kier molecular flexibility index (Phi) is 5.43. The Balaban J connectivity index is 2.61. The summed E-state index contributed by atoms with van der Waals surface area (Å²) < 4.78 is 6.13. The normalized spacial score (nSPS) is 17.8. The van der Waals surface area contributed by atoms with Crippen molar-refractivity contribution in [1.82, 2.24) is 5.32 Å². The molecule has 1 aromatic carbocycles. The summed E-state index contributed by atoms with van der Waals surface area (Å²) in [6.45, 7) is 3.96. The van der Waals surface area contributed by atoms with Crippen LogP contribution in [0.3, 0.4) is 0 Å². The number of carbonyl (C=O) groups excluding carboxylic acids is 1. The number of hydrogen-bond acceptors (Lipinski definition) is 4. The number of carbonyl (C=O) groups is 1. The van der Waals surface area contributed by atoms with Gasteiger partial charge in [0.15, 0.2) is 0 Å². The molecule has 0 bridgehead atoms. The molecule has 1 atom stereocenters. The van der Waals surface area contributed by atoms with Crippen LogP contribution < -0.4 is 5.32 Å². The van der Waals surface area contributed by atoms with Gasteiger partial charge in [-0.15, -0.1) is 0 Å². The average Bonchev–Trinajstić information content (AvgIpc) is 2.54. The van der Waals surface area contributed by atoms with Gasteiger partial charge in [-0.05, 0) is 0 Å². The second-order valence-corrected chi connectivity index (χ2v) is 6.50. The number of nitrogens with one attached hydrogen (secondary N) is 1. The third-order valence-corrected chi connectivity index (χ3v) is 5.01. The molecule has 0 radical (unpaired) electrons. The second kappa shape index (κ2) is 7.31. The van der Waals surface area contributed by atoms with Crippen LogP contribution in [0.15, 0.2) is 51.8 Å². The molecule has 1 aromatic rings. The third kappa shape index (κ3) is 3.09. The van der Waals surface area contributed by atoms with Crippen LogP contribution in [-0.2, 0) is 9.53 Å². The minimum atomic E-state index is -0.364. The van der Waals surface area contributed by atoms with Crippen molar-refractivity contribution in [2.45, 2.75) is 25.6 Å². The van der Waals surface area contributed by atoms with E-state index >= 15 is 0 Å². The molecule has 1 aliphatic heterocycles. The van der Waals surface area contributed by atoms with Crippen molar-refractivity contribution in [3.05, 3.63) is 57.3 Å². The third-order valence-electron chi connectivity index (χ3n) is 3.48. The Labute approximate surface area is 137 Å². The molecule has 114 valence electrons. The zero-order chi connectivity index (χ0) is 16.1. The molecule has 0 aromatic heterocycles. The van der Waals surface area contributed by atoms with Gasteiger partial charge in [0.25, 0.3) is 0 Å². The predicted molar refractivity (Wildman–Crippen MR) is 85.9 cm³/mol. The molecule has 1 heterocycles. The van der Waals surface area contributed by atoms with Crippen molar-refractivity contribution in [2.24, 2.45) is 0 Å². The standard InChI is InChI=1S/C17H18N2O2Se/c1-4-21-17(20)14-11(2)19-16(22-3)13(10-18)15(14)12-8-6-5-7-9-12/h5-9,15,19H,4H2,1-3H3. The molecule has 0 saturated heterocycles. The number of allylic oxidation sites excluding steroid dienone is 2. The number of benzene rings is 1. The van der Waals surface area contributed by atoms with Gasteiger partial charge in [0.2, 0.25) is 0 Å². The first-order valence-corrected chi connectivity index (χ1v) is 9.59. The van der Waals surface area contributed by atoms with Crippen LogP contribution in [0.5, 0.6) is 0 Å². The summed E-state index contributed by atoms with van der Waals surface area (Å²) in [4.78, 5) is 12.4. The second-order valence-electron chi connectivity index (χ2n) is 4.79. The molecule has 1 unspecified atom stereocenters. The van der Waals surface area contributed by atoms with Crippen molar-refractivity contribution in [1.29, 1.82) is 5.26 Å². The molecule has 1 N–H and O–H groups in total. The van der Waals surface area contributed by atoms with Crippen molar-refractivity contribution in [3.63, 3.8) is 0 Å². The van der Waals surface area contributed by atoms with E-state index in [1.807, 2.05) is 37.3 Å². The van der Waals surface area contributed by atoms with Gasteiger partial charge in [-0.25, -0.2) is 0 Å². The zero-order valence-corrected chi connectivity index (χ0v) is 14.6. The summed E-state index contributed by atoms with van der Waals surface area (Å²) in [6.07, 6.45) is 0. The van der Waals surface area contributed by atoms with Crippen molar-refractivity contribution < 1.29 is 9.53 Å². The Morgan fingerprint density at radius 3 is 2.64 bits per heavy atom. The van der Waals surface area contributed by atoms with E-state index in [0.29, 0.717) is 17.8 Å². The van der Waals surface area contributed by atoms with Crippen LogP contribution in [0, 0.1) is 11.3 Å². The van der Waals surface area contributed by atoms with Gasteiger partial charge in [0.05, 0.1) is 0 Å². The Hall–Kier alpha value is -2.02. The van der Waals surface area contributed by atoms with E-state index in [0.717, 1.165) is 15.9 Å². The van der Waals surface area contributed by atoms with Gasteiger partial charge in [-0.2, -0.15) is 0 Å². The Morgan fingerprint density at radius 2 is 2.09 bits per heavy atom.